The van der Waals surface area contributed by atoms with E-state index in [2.05, 4.69) is 5.32 Å². The van der Waals surface area contributed by atoms with Crippen LogP contribution in [-0.2, 0) is 20.9 Å². The lowest BCUT2D eigenvalue weighted by molar-refractivity contribution is -0.384. The predicted molar refractivity (Wildman–Crippen MR) is 159 cm³/mol. The van der Waals surface area contributed by atoms with Crippen LogP contribution in [0.4, 0.5) is 17.1 Å². The first kappa shape index (κ1) is 28.2. The number of para-hydroxylation sites is 1. The van der Waals surface area contributed by atoms with Crippen molar-refractivity contribution in [2.45, 2.75) is 22.7 Å². The molecule has 6 rings (SSSR count). The molecule has 4 aromatic rings. The number of nitro groups is 1. The Kier molecular flexibility index (Phi) is 7.23. The van der Waals surface area contributed by atoms with Gasteiger partial charge in [0.1, 0.15) is 23.3 Å². The van der Waals surface area contributed by atoms with E-state index in [4.69, 9.17) is 4.74 Å². The monoisotopic (exact) mass is 618 g/mol. The van der Waals surface area contributed by atoms with E-state index < -0.39 is 44.6 Å². The number of non-ortho nitro benzene ring substituents is 1. The number of rotatable bonds is 7. The maximum Gasteiger partial charge on any atom is 0.308 e. The molecule has 1 aromatic heterocycles. The number of phenols is 1. The van der Waals surface area contributed by atoms with E-state index in [-0.39, 0.29) is 23.7 Å². The number of nitrogens with zero attached hydrogens (tertiary/aromatic N) is 3. The molecule has 3 unspecified atom stereocenters. The quantitative estimate of drug-likeness (QED) is 0.177. The Morgan fingerprint density at radius 1 is 1.02 bits per heavy atom. The number of phenolic OH excluding ortho intramolecular Hbond substituents is 1. The fourth-order valence-electron chi connectivity index (χ4n) is 5.34. The molecule has 2 aliphatic heterocycles. The van der Waals surface area contributed by atoms with Crippen molar-refractivity contribution in [3.05, 3.63) is 103 Å². The number of carbonyl (C=O) groups excluding carboxylic acids is 3. The molecule has 2 aliphatic rings. The third-order valence-corrected chi connectivity index (χ3v) is 9.92. The van der Waals surface area contributed by atoms with E-state index in [1.165, 1.54) is 42.0 Å². The number of thiazole rings is 1. The van der Waals surface area contributed by atoms with Crippen LogP contribution in [0.5, 0.6) is 11.5 Å². The topological polar surface area (TPSA) is 161 Å². The average Bonchev–Trinajstić information content (AvgIpc) is 3.44. The maximum absolute atomic E-state index is 13.9. The lowest BCUT2D eigenvalue weighted by Crippen LogP contribution is -2.33. The van der Waals surface area contributed by atoms with Gasteiger partial charge in [0.2, 0.25) is 17.7 Å². The van der Waals surface area contributed by atoms with Gasteiger partial charge in [0, 0.05) is 34.2 Å². The third-order valence-electron chi connectivity index (χ3n) is 7.32. The Labute approximate surface area is 251 Å². The first-order chi connectivity index (χ1) is 20.7. The lowest BCUT2D eigenvalue weighted by Gasteiger charge is -2.31. The maximum atomic E-state index is 13.9. The number of hydrogen-bond donors (Lipinski definition) is 2. The minimum Gasteiger partial charge on any atom is -0.508 e. The molecule has 14 heteroatoms. The fraction of sp³-hybridized carbons (Fsp3) is 0.172. The molecule has 218 valence electrons. The summed E-state index contributed by atoms with van der Waals surface area (Å²) in [5.74, 6) is -2.92. The highest BCUT2D eigenvalue weighted by atomic mass is 32.2. The number of nitro benzene ring substituents is 1. The van der Waals surface area contributed by atoms with Gasteiger partial charge in [-0.05, 0) is 42.5 Å². The Hall–Kier alpha value is -4.95. The number of anilines is 2. The summed E-state index contributed by atoms with van der Waals surface area (Å²) in [5, 5.41) is 24.1. The number of fused-ring (bicyclic) bond motifs is 2. The van der Waals surface area contributed by atoms with Gasteiger partial charge in [0.25, 0.3) is 5.69 Å². The van der Waals surface area contributed by atoms with Gasteiger partial charge < -0.3 is 15.2 Å². The van der Waals surface area contributed by atoms with Crippen molar-refractivity contribution in [1.29, 1.82) is 0 Å². The molecule has 3 aromatic carbocycles. The molecule has 1 saturated heterocycles. The second kappa shape index (κ2) is 11.0. The summed E-state index contributed by atoms with van der Waals surface area (Å²) in [4.78, 5) is 65.5. The molecule has 3 amide bonds. The highest BCUT2D eigenvalue weighted by Crippen LogP contribution is 2.55. The summed E-state index contributed by atoms with van der Waals surface area (Å²) in [6.45, 7) is -0.344. The van der Waals surface area contributed by atoms with Crippen LogP contribution in [0.2, 0.25) is 0 Å². The molecule has 2 N–H and O–H groups in total. The lowest BCUT2D eigenvalue weighted by atomic mass is 9.82. The number of methoxy groups -OCH3 is 1. The van der Waals surface area contributed by atoms with Gasteiger partial charge in [-0.3, -0.25) is 33.9 Å². The number of hydrogen-bond acceptors (Lipinski definition) is 10. The van der Waals surface area contributed by atoms with Crippen molar-refractivity contribution >= 4 is 57.9 Å². The fourth-order valence-corrected chi connectivity index (χ4v) is 8.10. The molecule has 0 saturated carbocycles. The second-order valence-electron chi connectivity index (χ2n) is 9.79. The largest absolute Gasteiger partial charge is 0.508 e. The van der Waals surface area contributed by atoms with Crippen LogP contribution in [0.25, 0.3) is 0 Å². The molecule has 12 nitrogen and oxygen atoms in total. The van der Waals surface area contributed by atoms with Crippen molar-refractivity contribution in [3.63, 3.8) is 0 Å². The molecule has 3 heterocycles. The van der Waals surface area contributed by atoms with Crippen LogP contribution in [0.1, 0.15) is 16.4 Å². The predicted octanol–water partition coefficient (Wildman–Crippen LogP) is 3.97. The summed E-state index contributed by atoms with van der Waals surface area (Å²) >= 11 is 1.88. The molecule has 0 aliphatic carbocycles. The zero-order chi connectivity index (χ0) is 30.4. The Morgan fingerprint density at radius 2 is 1.72 bits per heavy atom. The number of ether oxygens (including phenoxy) is 1. The van der Waals surface area contributed by atoms with Crippen molar-refractivity contribution in [3.8, 4) is 11.5 Å². The summed E-state index contributed by atoms with van der Waals surface area (Å²) in [6.07, 6.45) is 0. The molecule has 3 atom stereocenters. The number of amides is 3. The van der Waals surface area contributed by atoms with E-state index in [9.17, 15) is 34.4 Å². The van der Waals surface area contributed by atoms with E-state index >= 15 is 0 Å². The molecular formula is C29H22N4O8S2. The highest BCUT2D eigenvalue weighted by molar-refractivity contribution is 8.00. The summed E-state index contributed by atoms with van der Waals surface area (Å²) in [7, 11) is 1.53. The van der Waals surface area contributed by atoms with Crippen molar-refractivity contribution in [1.82, 2.24) is 4.57 Å². The molecule has 1 fully saturated rings. The van der Waals surface area contributed by atoms with Gasteiger partial charge in [-0.2, -0.15) is 0 Å². The number of benzene rings is 3. The summed E-state index contributed by atoms with van der Waals surface area (Å²) in [5.41, 5.74) is 0.840. The summed E-state index contributed by atoms with van der Waals surface area (Å²) < 4.78 is 6.41. The van der Waals surface area contributed by atoms with E-state index in [0.29, 0.717) is 26.9 Å². The van der Waals surface area contributed by atoms with Crippen LogP contribution in [0, 0.1) is 16.0 Å². The standard InChI is InChI=1S/C29H22N4O8S2/c1-41-18-12-6-15(7-13-18)30-21(35)14-31-28-25(43-29(31)38)22(19-4-2-3-5-20(19)34)23-24(42-28)27(37)32(26(23)36)16-8-10-17(11-9-16)33(39)40/h2-13,22-24,34H,14H2,1H3,(H,30,35). The van der Waals surface area contributed by atoms with Gasteiger partial charge in [-0.15, -0.1) is 0 Å². The highest BCUT2D eigenvalue weighted by Gasteiger charge is 2.57. The van der Waals surface area contributed by atoms with Crippen LogP contribution in [0.3, 0.4) is 0 Å². The van der Waals surface area contributed by atoms with E-state index in [1.807, 2.05) is 0 Å². The molecule has 43 heavy (non-hydrogen) atoms. The molecular weight excluding hydrogens is 596 g/mol. The first-order valence-corrected chi connectivity index (χ1v) is 14.6. The SMILES string of the molecule is COc1ccc(NC(=O)Cn2c3c(sc2=O)C(c2ccccc2O)C2C(=O)N(c4ccc([N+](=O)[O-])cc4)C(=O)C2S3)cc1. The Morgan fingerprint density at radius 3 is 2.37 bits per heavy atom. The van der Waals surface area contributed by atoms with Crippen molar-refractivity contribution in [2.75, 3.05) is 17.3 Å². The van der Waals surface area contributed by atoms with Crippen molar-refractivity contribution in [2.24, 2.45) is 5.92 Å². The third kappa shape index (κ3) is 4.93. The van der Waals surface area contributed by atoms with Crippen molar-refractivity contribution < 1.29 is 29.2 Å². The molecule has 0 spiro atoms. The smallest absolute Gasteiger partial charge is 0.308 e. The van der Waals surface area contributed by atoms with E-state index in [0.717, 1.165) is 28.0 Å². The van der Waals surface area contributed by atoms with Crippen LogP contribution in [0.15, 0.2) is 82.6 Å². The van der Waals surface area contributed by atoms with Gasteiger partial charge in [0.05, 0.1) is 28.7 Å². The number of aromatic nitrogens is 1. The van der Waals surface area contributed by atoms with Crippen LogP contribution in [-0.4, -0.2) is 44.7 Å². The van der Waals surface area contributed by atoms with Crippen LogP contribution < -0.4 is 19.8 Å². The average molecular weight is 619 g/mol. The molecule has 0 bridgehead atoms. The first-order valence-electron chi connectivity index (χ1n) is 12.9. The Bertz CT molecular complexity index is 1830. The summed E-state index contributed by atoms with van der Waals surface area (Å²) in [6, 6.07) is 18.2. The zero-order valence-corrected chi connectivity index (χ0v) is 24.0. The zero-order valence-electron chi connectivity index (χ0n) is 22.3. The van der Waals surface area contributed by atoms with Gasteiger partial charge >= 0.3 is 4.87 Å². The molecule has 0 radical (unpaired) electrons. The van der Waals surface area contributed by atoms with Gasteiger partial charge in [0.15, 0.2) is 0 Å². The van der Waals surface area contributed by atoms with Gasteiger partial charge in [-0.25, -0.2) is 4.90 Å². The number of carbonyl (C=O) groups is 3. The minimum atomic E-state index is -0.982. The van der Waals surface area contributed by atoms with E-state index in [1.54, 1.807) is 42.5 Å². The van der Waals surface area contributed by atoms with Gasteiger partial charge in [-0.1, -0.05) is 41.3 Å². The number of aromatic hydroxyl groups is 1. The number of thioether (sulfide) groups is 1. The minimum absolute atomic E-state index is 0.109. The second-order valence-corrected chi connectivity index (χ2v) is 11.9. The van der Waals surface area contributed by atoms with Crippen LogP contribution >= 0.6 is 23.1 Å². The Balaban J connectivity index is 1.38. The number of nitrogens with one attached hydrogen (secondary N) is 1. The number of imide groups is 1. The normalized spacial score (nSPS) is 19.1.